The summed E-state index contributed by atoms with van der Waals surface area (Å²) in [5, 5.41) is 6.37. The molecule has 0 radical (unpaired) electrons. The molecule has 0 fully saturated rings. The number of carbonyl (C=O) groups is 1. The summed E-state index contributed by atoms with van der Waals surface area (Å²) in [6, 6.07) is 8.57. The molecule has 2 aromatic heterocycles. The number of rotatable bonds is 9. The molecule has 0 saturated carbocycles. The normalized spacial score (nSPS) is 13.2. The summed E-state index contributed by atoms with van der Waals surface area (Å²) in [6.07, 6.45) is 3.15. The molecule has 2 heterocycles. The lowest BCUT2D eigenvalue weighted by Crippen LogP contribution is -2.27. The van der Waals surface area contributed by atoms with Crippen LogP contribution in [-0.2, 0) is 9.47 Å². The number of ether oxygens (including phenoxy) is 2. The van der Waals surface area contributed by atoms with Crippen LogP contribution in [0.2, 0.25) is 5.02 Å². The number of anilines is 2. The highest BCUT2D eigenvalue weighted by Gasteiger charge is 2.17. The molecule has 34 heavy (non-hydrogen) atoms. The van der Waals surface area contributed by atoms with E-state index in [2.05, 4.69) is 25.6 Å². The molecule has 0 saturated heterocycles. The molecule has 2 atom stereocenters. The smallest absolute Gasteiger partial charge is 0.412 e. The van der Waals surface area contributed by atoms with E-state index in [9.17, 15) is 4.79 Å². The summed E-state index contributed by atoms with van der Waals surface area (Å²) < 4.78 is 16.9. The van der Waals surface area contributed by atoms with Crippen LogP contribution in [0, 0.1) is 0 Å². The van der Waals surface area contributed by atoms with Crippen molar-refractivity contribution in [2.45, 2.75) is 58.8 Å². The minimum atomic E-state index is -0.596. The first-order valence-electron chi connectivity index (χ1n) is 11.0. The second kappa shape index (κ2) is 11.3. The van der Waals surface area contributed by atoms with Gasteiger partial charge in [-0.2, -0.15) is 4.98 Å². The zero-order valence-corrected chi connectivity index (χ0v) is 20.7. The summed E-state index contributed by atoms with van der Waals surface area (Å²) in [6.45, 7) is 10.0. The minimum Gasteiger partial charge on any atom is -0.449 e. The maximum absolute atomic E-state index is 12.1. The number of benzene rings is 1. The molecule has 10 heteroatoms. The SMILES string of the molecule is C[C@H](CCOC(=O)Nc1ccnc(N[C@@H](C)c2ncc(-c3ccc(Cl)cc3)o2)n1)OC(C)(C)C. The summed E-state index contributed by atoms with van der Waals surface area (Å²) >= 11 is 5.94. The number of halogens is 1. The van der Waals surface area contributed by atoms with Gasteiger partial charge in [-0.05, 0) is 65.0 Å². The van der Waals surface area contributed by atoms with Crippen molar-refractivity contribution in [2.24, 2.45) is 0 Å². The van der Waals surface area contributed by atoms with E-state index in [-0.39, 0.29) is 24.4 Å². The molecular formula is C24H30ClN5O4. The zero-order valence-electron chi connectivity index (χ0n) is 20.0. The summed E-state index contributed by atoms with van der Waals surface area (Å²) in [5.41, 5.74) is 0.627. The first kappa shape index (κ1) is 25.5. The number of nitrogens with one attached hydrogen (secondary N) is 2. The van der Waals surface area contributed by atoms with Gasteiger partial charge in [0.15, 0.2) is 5.76 Å². The van der Waals surface area contributed by atoms with Gasteiger partial charge in [-0.1, -0.05) is 11.6 Å². The van der Waals surface area contributed by atoms with Gasteiger partial charge in [-0.3, -0.25) is 5.32 Å². The Bertz CT molecular complexity index is 1080. The maximum Gasteiger partial charge on any atom is 0.412 e. The minimum absolute atomic E-state index is 0.0282. The first-order valence-corrected chi connectivity index (χ1v) is 11.4. The second-order valence-corrected chi connectivity index (χ2v) is 9.23. The molecule has 0 aliphatic carbocycles. The van der Waals surface area contributed by atoms with Gasteiger partial charge in [0.1, 0.15) is 11.9 Å². The lowest BCUT2D eigenvalue weighted by atomic mass is 10.1. The number of nitrogens with zero attached hydrogens (tertiary/aromatic N) is 3. The van der Waals surface area contributed by atoms with Crippen LogP contribution in [0.15, 0.2) is 47.1 Å². The van der Waals surface area contributed by atoms with E-state index in [1.165, 1.54) is 6.20 Å². The molecule has 0 unspecified atom stereocenters. The molecule has 2 N–H and O–H groups in total. The molecule has 0 bridgehead atoms. The van der Waals surface area contributed by atoms with Gasteiger partial charge in [0.05, 0.1) is 24.5 Å². The molecular weight excluding hydrogens is 458 g/mol. The Morgan fingerprint density at radius 2 is 1.88 bits per heavy atom. The Morgan fingerprint density at radius 1 is 1.15 bits per heavy atom. The van der Waals surface area contributed by atoms with Crippen molar-refractivity contribution in [3.05, 3.63) is 53.6 Å². The Balaban J connectivity index is 1.51. The van der Waals surface area contributed by atoms with Gasteiger partial charge in [0.25, 0.3) is 0 Å². The van der Waals surface area contributed by atoms with Gasteiger partial charge in [-0.25, -0.2) is 14.8 Å². The van der Waals surface area contributed by atoms with Crippen molar-refractivity contribution in [3.63, 3.8) is 0 Å². The van der Waals surface area contributed by atoms with Gasteiger partial charge < -0.3 is 19.2 Å². The van der Waals surface area contributed by atoms with Crippen molar-refractivity contribution < 1.29 is 18.7 Å². The molecule has 182 valence electrons. The van der Waals surface area contributed by atoms with Crippen molar-refractivity contribution >= 4 is 29.5 Å². The molecule has 1 amide bonds. The highest BCUT2D eigenvalue weighted by molar-refractivity contribution is 6.30. The largest absolute Gasteiger partial charge is 0.449 e. The Labute approximate surface area is 204 Å². The molecule has 0 aliphatic rings. The fourth-order valence-corrected chi connectivity index (χ4v) is 3.24. The van der Waals surface area contributed by atoms with E-state index < -0.39 is 6.09 Å². The first-order chi connectivity index (χ1) is 16.1. The molecule has 0 aliphatic heterocycles. The fourth-order valence-electron chi connectivity index (χ4n) is 3.11. The standard InChI is InChI=1S/C24H30ClN5O4/c1-15(34-24(3,4)5)11-13-32-23(31)30-20-10-12-26-22(29-20)28-16(2)21-27-14-19(33-21)17-6-8-18(25)9-7-17/h6-10,12,14-16H,11,13H2,1-5H3,(H2,26,28,29,30,31)/t15-,16+/m1/s1. The Morgan fingerprint density at radius 3 is 2.59 bits per heavy atom. The summed E-state index contributed by atoms with van der Waals surface area (Å²) in [4.78, 5) is 24.9. The topological polar surface area (TPSA) is 111 Å². The van der Waals surface area contributed by atoms with E-state index in [1.807, 2.05) is 46.8 Å². The number of amides is 1. The van der Waals surface area contributed by atoms with Crippen molar-refractivity contribution in [1.82, 2.24) is 15.0 Å². The second-order valence-electron chi connectivity index (χ2n) is 8.79. The highest BCUT2D eigenvalue weighted by Crippen LogP contribution is 2.25. The van der Waals surface area contributed by atoms with Crippen LogP contribution in [0.1, 0.15) is 53.0 Å². The molecule has 1 aromatic carbocycles. The van der Waals surface area contributed by atoms with E-state index in [4.69, 9.17) is 25.5 Å². The van der Waals surface area contributed by atoms with Crippen LogP contribution in [0.4, 0.5) is 16.6 Å². The van der Waals surface area contributed by atoms with Gasteiger partial charge in [-0.15, -0.1) is 0 Å². The predicted octanol–water partition coefficient (Wildman–Crippen LogP) is 6.10. The lowest BCUT2D eigenvalue weighted by Gasteiger charge is -2.24. The predicted molar refractivity (Wildman–Crippen MR) is 131 cm³/mol. The average molecular weight is 488 g/mol. The number of carbonyl (C=O) groups excluding carboxylic acids is 1. The molecule has 3 rings (SSSR count). The Hall–Kier alpha value is -3.17. The van der Waals surface area contributed by atoms with Gasteiger partial charge in [0, 0.05) is 23.2 Å². The van der Waals surface area contributed by atoms with Crippen molar-refractivity contribution in [2.75, 3.05) is 17.2 Å². The quantitative estimate of drug-likeness (QED) is 0.372. The maximum atomic E-state index is 12.1. The van der Waals surface area contributed by atoms with E-state index >= 15 is 0 Å². The third-order valence-corrected chi connectivity index (χ3v) is 4.82. The van der Waals surface area contributed by atoms with Crippen LogP contribution in [0.3, 0.4) is 0 Å². The molecule has 3 aromatic rings. The van der Waals surface area contributed by atoms with Crippen LogP contribution >= 0.6 is 11.6 Å². The van der Waals surface area contributed by atoms with Gasteiger partial charge in [0.2, 0.25) is 11.8 Å². The monoisotopic (exact) mass is 487 g/mol. The highest BCUT2D eigenvalue weighted by atomic mass is 35.5. The summed E-state index contributed by atoms with van der Waals surface area (Å²) in [5.74, 6) is 1.71. The number of aromatic nitrogens is 3. The van der Waals surface area contributed by atoms with E-state index in [0.29, 0.717) is 34.9 Å². The lowest BCUT2D eigenvalue weighted by molar-refractivity contribution is -0.0590. The zero-order chi connectivity index (χ0) is 24.7. The summed E-state index contributed by atoms with van der Waals surface area (Å²) in [7, 11) is 0. The van der Waals surface area contributed by atoms with E-state index in [1.54, 1.807) is 24.4 Å². The number of oxazole rings is 1. The van der Waals surface area contributed by atoms with Crippen molar-refractivity contribution in [3.8, 4) is 11.3 Å². The van der Waals surface area contributed by atoms with Crippen LogP contribution in [-0.4, -0.2) is 39.4 Å². The number of hydrogen-bond donors (Lipinski definition) is 2. The molecule has 9 nitrogen and oxygen atoms in total. The number of hydrogen-bond acceptors (Lipinski definition) is 8. The Kier molecular flexibility index (Phi) is 8.46. The fraction of sp³-hybridized carbons (Fsp3) is 0.417. The van der Waals surface area contributed by atoms with Gasteiger partial charge >= 0.3 is 6.09 Å². The average Bonchev–Trinajstić information content (AvgIpc) is 3.23. The van der Waals surface area contributed by atoms with Crippen molar-refractivity contribution in [1.29, 1.82) is 0 Å². The third-order valence-electron chi connectivity index (χ3n) is 4.57. The van der Waals surface area contributed by atoms with Crippen LogP contribution in [0.5, 0.6) is 0 Å². The van der Waals surface area contributed by atoms with Crippen LogP contribution < -0.4 is 10.6 Å². The van der Waals surface area contributed by atoms with Crippen LogP contribution in [0.25, 0.3) is 11.3 Å². The third kappa shape index (κ3) is 8.00. The van der Waals surface area contributed by atoms with E-state index in [0.717, 1.165) is 5.56 Å². The molecule has 0 spiro atoms.